The molecule has 3 N–H and O–H groups in total. The lowest BCUT2D eigenvalue weighted by molar-refractivity contribution is -0.122. The summed E-state index contributed by atoms with van der Waals surface area (Å²) in [7, 11) is 0. The highest BCUT2D eigenvalue weighted by atomic mass is 35.5. The lowest BCUT2D eigenvalue weighted by atomic mass is 10.2. The summed E-state index contributed by atoms with van der Waals surface area (Å²) in [5.74, 6) is 0.540. The molecule has 214 valence electrons. The third kappa shape index (κ3) is 7.02. The monoisotopic (exact) mass is 618 g/mol. The first-order valence-electron chi connectivity index (χ1n) is 13.2. The Kier molecular flexibility index (Phi) is 9.59. The fourth-order valence-corrected chi connectivity index (χ4v) is 6.50. The molecule has 2 aliphatic heterocycles. The lowest BCUT2D eigenvalue weighted by Gasteiger charge is -2.16. The molecule has 2 amide bonds. The highest BCUT2D eigenvalue weighted by Gasteiger charge is 2.35. The number of aliphatic imine (C=N–C) groups is 1. The molecule has 0 aromatic heterocycles. The average molecular weight is 619 g/mol. The molecular weight excluding hydrogens is 592 g/mol. The van der Waals surface area contributed by atoms with Crippen molar-refractivity contribution in [3.8, 4) is 11.8 Å². The van der Waals surface area contributed by atoms with Gasteiger partial charge < -0.3 is 20.7 Å². The number of amides is 2. The molecule has 1 unspecified atom stereocenters. The highest BCUT2D eigenvalue weighted by molar-refractivity contribution is 8.18. The summed E-state index contributed by atoms with van der Waals surface area (Å²) < 4.78 is 5.33. The smallest absolute Gasteiger partial charge is 0.410 e. The maximum absolute atomic E-state index is 13.7. The summed E-state index contributed by atoms with van der Waals surface area (Å²) in [4.78, 5) is 33.7. The Morgan fingerprint density at radius 2 is 2.05 bits per heavy atom. The molecule has 3 aromatic rings. The molecule has 1 saturated heterocycles. The van der Waals surface area contributed by atoms with Gasteiger partial charge in [-0.15, -0.1) is 11.6 Å². The van der Waals surface area contributed by atoms with Crippen molar-refractivity contribution in [3.63, 3.8) is 0 Å². The van der Waals surface area contributed by atoms with Crippen LogP contribution >= 0.6 is 35.1 Å². The fraction of sp³-hybridized carbons (Fsp3) is 0.200. The van der Waals surface area contributed by atoms with Gasteiger partial charge in [-0.1, -0.05) is 42.1 Å². The van der Waals surface area contributed by atoms with Crippen molar-refractivity contribution in [2.45, 2.75) is 23.7 Å². The van der Waals surface area contributed by atoms with Crippen LogP contribution < -0.4 is 20.7 Å². The first-order chi connectivity index (χ1) is 20.5. The predicted octanol–water partition coefficient (Wildman–Crippen LogP) is 6.51. The fourth-order valence-electron chi connectivity index (χ4n) is 4.26. The van der Waals surface area contributed by atoms with Crippen molar-refractivity contribution in [2.75, 3.05) is 29.6 Å². The van der Waals surface area contributed by atoms with Gasteiger partial charge in [-0.25, -0.2) is 9.79 Å². The van der Waals surface area contributed by atoms with Gasteiger partial charge in [0.05, 0.1) is 45.5 Å². The summed E-state index contributed by atoms with van der Waals surface area (Å²) in [6.07, 6.45) is 1.32. The number of thioether (sulfide) groups is 2. The van der Waals surface area contributed by atoms with Crippen molar-refractivity contribution in [1.29, 1.82) is 5.26 Å². The number of fused-ring (bicyclic) bond motifs is 1. The van der Waals surface area contributed by atoms with Gasteiger partial charge in [-0.2, -0.15) is 5.26 Å². The van der Waals surface area contributed by atoms with Gasteiger partial charge in [0.25, 0.3) is 5.91 Å². The molecule has 5 rings (SSSR count). The molecule has 12 heteroatoms. The van der Waals surface area contributed by atoms with Gasteiger partial charge in [0, 0.05) is 29.9 Å². The number of benzene rings is 3. The van der Waals surface area contributed by atoms with E-state index in [4.69, 9.17) is 21.3 Å². The Morgan fingerprint density at radius 3 is 2.81 bits per heavy atom. The van der Waals surface area contributed by atoms with Gasteiger partial charge in [-0.3, -0.25) is 9.69 Å². The molecule has 1 fully saturated rings. The topological polar surface area (TPSA) is 119 Å². The Morgan fingerprint density at radius 1 is 1.21 bits per heavy atom. The zero-order chi connectivity index (χ0) is 29.5. The zero-order valence-electron chi connectivity index (χ0n) is 22.6. The normalized spacial score (nSPS) is 17.6. The number of nitriles is 1. The highest BCUT2D eigenvalue weighted by Crippen LogP contribution is 2.43. The Balaban J connectivity index is 1.40. The van der Waals surface area contributed by atoms with E-state index in [0.29, 0.717) is 52.6 Å². The van der Waals surface area contributed by atoms with Crippen molar-refractivity contribution in [3.05, 3.63) is 88.8 Å². The van der Waals surface area contributed by atoms with Crippen molar-refractivity contribution >= 4 is 69.4 Å². The second-order valence-corrected chi connectivity index (χ2v) is 11.7. The SMILES string of the molecule is CCNc1ccc(C#N)cc1/N=C1/S/C(=C\C2Nc3cc(OC(=O)NCCCl)ccc3S2)C(=O)N1Cc1ccccc1. The number of amidine groups is 1. The quantitative estimate of drug-likeness (QED) is 0.183. The Labute approximate surface area is 257 Å². The molecule has 0 aliphatic carbocycles. The lowest BCUT2D eigenvalue weighted by Crippen LogP contribution is -2.28. The van der Waals surface area contributed by atoms with E-state index in [1.165, 1.54) is 11.8 Å². The minimum Gasteiger partial charge on any atom is -0.410 e. The van der Waals surface area contributed by atoms with Gasteiger partial charge in [0.1, 0.15) is 5.75 Å². The maximum Gasteiger partial charge on any atom is 0.412 e. The van der Waals surface area contributed by atoms with Crippen LogP contribution in [-0.2, 0) is 11.3 Å². The molecule has 2 heterocycles. The summed E-state index contributed by atoms with van der Waals surface area (Å²) in [6.45, 7) is 3.34. The molecule has 1 atom stereocenters. The largest absolute Gasteiger partial charge is 0.412 e. The number of hydrogen-bond acceptors (Lipinski definition) is 9. The number of carbonyl (C=O) groups is 2. The van der Waals surface area contributed by atoms with Crippen LogP contribution in [0.3, 0.4) is 0 Å². The molecular formula is C30H27ClN6O3S2. The van der Waals surface area contributed by atoms with Crippen LogP contribution in [0, 0.1) is 11.3 Å². The Bertz CT molecular complexity index is 1590. The van der Waals surface area contributed by atoms with Crippen LogP contribution in [0.1, 0.15) is 18.1 Å². The van der Waals surface area contributed by atoms with Crippen molar-refractivity contribution in [2.24, 2.45) is 4.99 Å². The third-order valence-electron chi connectivity index (χ3n) is 6.16. The van der Waals surface area contributed by atoms with E-state index < -0.39 is 6.09 Å². The summed E-state index contributed by atoms with van der Waals surface area (Å²) in [6, 6.07) is 22.6. The van der Waals surface area contributed by atoms with Gasteiger partial charge in [0.2, 0.25) is 0 Å². The van der Waals surface area contributed by atoms with E-state index in [2.05, 4.69) is 22.0 Å². The van der Waals surface area contributed by atoms with Crippen LogP contribution in [0.4, 0.5) is 21.9 Å². The molecule has 3 aromatic carbocycles. The van der Waals surface area contributed by atoms with Crippen LogP contribution in [0.2, 0.25) is 0 Å². The summed E-state index contributed by atoms with van der Waals surface area (Å²) in [5.41, 5.74) is 3.64. The average Bonchev–Trinajstić information content (AvgIpc) is 3.53. The summed E-state index contributed by atoms with van der Waals surface area (Å²) in [5, 5.41) is 19.0. The number of alkyl halides is 1. The van der Waals surface area contributed by atoms with Crippen LogP contribution in [0.15, 0.2) is 87.6 Å². The number of anilines is 2. The first-order valence-corrected chi connectivity index (χ1v) is 15.4. The molecule has 2 aliphatic rings. The molecule has 0 bridgehead atoms. The third-order valence-corrected chi connectivity index (χ3v) is 8.49. The van der Waals surface area contributed by atoms with E-state index in [1.54, 1.807) is 40.9 Å². The minimum atomic E-state index is -0.573. The van der Waals surface area contributed by atoms with Gasteiger partial charge in [-0.05, 0) is 60.7 Å². The standard InChI is InChI=1S/C30H27ClN6O3S2/c1-2-33-22-10-8-20(17-32)14-23(22)36-29-37(18-19-6-4-3-5-7-19)28(38)26(42-29)16-27-35-24-15-21(9-11-25(24)41-27)40-30(39)34-13-12-31/h3-11,14-16,27,33,35H,2,12-13,18H2,1H3,(H,34,39)/b26-16-,36-29+. The molecule has 9 nitrogen and oxygen atoms in total. The first kappa shape index (κ1) is 29.4. The van der Waals surface area contributed by atoms with Crippen LogP contribution in [0.5, 0.6) is 5.75 Å². The number of hydrogen-bond donors (Lipinski definition) is 3. The second-order valence-electron chi connectivity index (χ2n) is 9.12. The van der Waals surface area contributed by atoms with E-state index >= 15 is 0 Å². The molecule has 42 heavy (non-hydrogen) atoms. The minimum absolute atomic E-state index is 0.151. The van der Waals surface area contributed by atoms with E-state index in [-0.39, 0.29) is 11.3 Å². The van der Waals surface area contributed by atoms with Crippen molar-refractivity contribution < 1.29 is 14.3 Å². The number of ether oxygens (including phenoxy) is 1. The maximum atomic E-state index is 13.7. The number of nitrogens with one attached hydrogen (secondary N) is 3. The summed E-state index contributed by atoms with van der Waals surface area (Å²) >= 11 is 8.47. The Hall–Kier alpha value is -4.11. The number of carbonyl (C=O) groups excluding carboxylic acids is 2. The number of nitrogens with zero attached hydrogens (tertiary/aromatic N) is 3. The molecule has 0 spiro atoms. The van der Waals surface area contributed by atoms with Crippen LogP contribution in [-0.4, -0.2) is 46.4 Å². The molecule has 0 radical (unpaired) electrons. The van der Waals surface area contributed by atoms with E-state index in [0.717, 1.165) is 21.8 Å². The van der Waals surface area contributed by atoms with Crippen molar-refractivity contribution in [1.82, 2.24) is 10.2 Å². The predicted molar refractivity (Wildman–Crippen MR) is 170 cm³/mol. The van der Waals surface area contributed by atoms with Gasteiger partial charge in [0.15, 0.2) is 5.17 Å². The number of rotatable bonds is 9. The van der Waals surface area contributed by atoms with E-state index in [9.17, 15) is 14.9 Å². The number of halogens is 1. The van der Waals surface area contributed by atoms with Crippen LogP contribution in [0.25, 0.3) is 0 Å². The van der Waals surface area contributed by atoms with Gasteiger partial charge >= 0.3 is 6.09 Å². The van der Waals surface area contributed by atoms with E-state index in [1.807, 2.05) is 55.5 Å². The second kappa shape index (κ2) is 13.7. The molecule has 0 saturated carbocycles. The zero-order valence-corrected chi connectivity index (χ0v) is 25.0.